The van der Waals surface area contributed by atoms with E-state index in [1.165, 1.54) is 18.2 Å². The number of hydrogen-bond acceptors (Lipinski definition) is 3. The van der Waals surface area contributed by atoms with Crippen molar-refractivity contribution in [3.63, 3.8) is 0 Å². The molecule has 0 radical (unpaired) electrons. The number of carbonyl (C=O) groups excluding carboxylic acids is 1. The molecule has 0 saturated carbocycles. The van der Waals surface area contributed by atoms with Gasteiger partial charge < -0.3 is 5.32 Å². The van der Waals surface area contributed by atoms with Gasteiger partial charge in [0.25, 0.3) is 5.91 Å². The van der Waals surface area contributed by atoms with Gasteiger partial charge >= 0.3 is 0 Å². The first-order chi connectivity index (χ1) is 9.86. The van der Waals surface area contributed by atoms with E-state index in [4.69, 9.17) is 6.42 Å². The lowest BCUT2D eigenvalue weighted by atomic mass is 10.1. The third-order valence-electron chi connectivity index (χ3n) is 2.78. The van der Waals surface area contributed by atoms with Gasteiger partial charge in [0.2, 0.25) is 10.0 Å². The first kappa shape index (κ1) is 17.2. The summed E-state index contributed by atoms with van der Waals surface area (Å²) in [5.74, 6) is 2.40. The highest BCUT2D eigenvalue weighted by Crippen LogP contribution is 2.11. The normalized spacial score (nSPS) is 11.1. The van der Waals surface area contributed by atoms with Crippen LogP contribution in [-0.4, -0.2) is 27.4 Å². The van der Waals surface area contributed by atoms with Crippen LogP contribution in [0, 0.1) is 18.3 Å². The molecule has 0 spiro atoms. The molecule has 0 heterocycles. The lowest BCUT2D eigenvalue weighted by Crippen LogP contribution is -2.27. The Bertz CT molecular complexity index is 631. The molecule has 0 aromatic heterocycles. The van der Waals surface area contributed by atoms with Gasteiger partial charge in [-0.15, -0.1) is 6.42 Å². The standard InChI is InChI=1S/C15H20N2O3S/c1-4-9-17-21(19,20)14-7-5-6-13(11-14)15(18)16-10-8-12(2)3/h1,5-7,11-12,17H,8-10H2,2-3H3,(H,16,18). The Morgan fingerprint density at radius 3 is 2.71 bits per heavy atom. The van der Waals surface area contributed by atoms with Gasteiger partial charge in [-0.25, -0.2) is 8.42 Å². The molecule has 6 heteroatoms. The summed E-state index contributed by atoms with van der Waals surface area (Å²) < 4.78 is 26.1. The minimum absolute atomic E-state index is 0.0225. The maximum absolute atomic E-state index is 12.0. The summed E-state index contributed by atoms with van der Waals surface area (Å²) in [5.41, 5.74) is 0.308. The predicted octanol–water partition coefficient (Wildman–Crippen LogP) is 1.37. The minimum atomic E-state index is -3.68. The van der Waals surface area contributed by atoms with Gasteiger partial charge in [0, 0.05) is 12.1 Å². The van der Waals surface area contributed by atoms with Crippen molar-refractivity contribution >= 4 is 15.9 Å². The summed E-state index contributed by atoms with van der Waals surface area (Å²) in [6, 6.07) is 5.86. The molecule has 0 atom stereocenters. The Balaban J connectivity index is 2.81. The summed E-state index contributed by atoms with van der Waals surface area (Å²) in [6.45, 7) is 4.60. The first-order valence-electron chi connectivity index (χ1n) is 6.68. The van der Waals surface area contributed by atoms with E-state index in [-0.39, 0.29) is 17.3 Å². The zero-order valence-corrected chi connectivity index (χ0v) is 13.0. The Kier molecular flexibility index (Phi) is 6.40. The summed E-state index contributed by atoms with van der Waals surface area (Å²) >= 11 is 0. The number of hydrogen-bond donors (Lipinski definition) is 2. The Labute approximate surface area is 126 Å². The molecular formula is C15H20N2O3S. The molecule has 1 amide bonds. The highest BCUT2D eigenvalue weighted by molar-refractivity contribution is 7.89. The highest BCUT2D eigenvalue weighted by atomic mass is 32.2. The van der Waals surface area contributed by atoms with Crippen LogP contribution in [0.5, 0.6) is 0 Å². The molecule has 2 N–H and O–H groups in total. The van der Waals surface area contributed by atoms with Gasteiger partial charge in [-0.1, -0.05) is 25.8 Å². The zero-order chi connectivity index (χ0) is 15.9. The molecule has 1 rings (SSSR count). The molecule has 114 valence electrons. The molecule has 21 heavy (non-hydrogen) atoms. The van der Waals surface area contributed by atoms with E-state index in [0.717, 1.165) is 6.42 Å². The number of rotatable bonds is 7. The largest absolute Gasteiger partial charge is 0.352 e. The number of carbonyl (C=O) groups is 1. The Morgan fingerprint density at radius 1 is 1.38 bits per heavy atom. The van der Waals surface area contributed by atoms with E-state index in [0.29, 0.717) is 18.0 Å². The topological polar surface area (TPSA) is 75.3 Å². The third kappa shape index (κ3) is 5.58. The van der Waals surface area contributed by atoms with Crippen LogP contribution in [0.4, 0.5) is 0 Å². The summed E-state index contributed by atoms with van der Waals surface area (Å²) in [7, 11) is -3.68. The van der Waals surface area contributed by atoms with Crippen molar-refractivity contribution in [3.05, 3.63) is 29.8 Å². The molecule has 0 aliphatic carbocycles. The molecule has 0 aliphatic heterocycles. The molecule has 0 bridgehead atoms. The second-order valence-electron chi connectivity index (χ2n) is 4.99. The maximum atomic E-state index is 12.0. The van der Waals surface area contributed by atoms with Gasteiger partial charge in [0.1, 0.15) is 0 Å². The van der Waals surface area contributed by atoms with Crippen molar-refractivity contribution in [1.82, 2.24) is 10.0 Å². The van der Waals surface area contributed by atoms with E-state index in [2.05, 4.69) is 29.8 Å². The smallest absolute Gasteiger partial charge is 0.251 e. The van der Waals surface area contributed by atoms with Gasteiger partial charge in [-0.05, 0) is 30.5 Å². The van der Waals surface area contributed by atoms with Gasteiger partial charge in [-0.2, -0.15) is 4.72 Å². The van der Waals surface area contributed by atoms with E-state index >= 15 is 0 Å². The fourth-order valence-corrected chi connectivity index (χ4v) is 2.58. The van der Waals surface area contributed by atoms with Crippen LogP contribution in [0.2, 0.25) is 0 Å². The Morgan fingerprint density at radius 2 is 2.10 bits per heavy atom. The van der Waals surface area contributed by atoms with Crippen molar-refractivity contribution in [2.45, 2.75) is 25.2 Å². The average molecular weight is 308 g/mol. The lowest BCUT2D eigenvalue weighted by Gasteiger charge is -2.09. The van der Waals surface area contributed by atoms with E-state index in [1.807, 2.05) is 0 Å². The highest BCUT2D eigenvalue weighted by Gasteiger charge is 2.15. The number of sulfonamides is 1. The summed E-state index contributed by atoms with van der Waals surface area (Å²) in [6.07, 6.45) is 5.90. The van der Waals surface area contributed by atoms with Crippen molar-refractivity contribution in [3.8, 4) is 12.3 Å². The quantitative estimate of drug-likeness (QED) is 0.747. The van der Waals surface area contributed by atoms with Crippen molar-refractivity contribution in [1.29, 1.82) is 0 Å². The summed E-state index contributed by atoms with van der Waals surface area (Å²) in [4.78, 5) is 12.0. The number of nitrogens with one attached hydrogen (secondary N) is 2. The SMILES string of the molecule is C#CCNS(=O)(=O)c1cccc(C(=O)NCCC(C)C)c1. The number of benzene rings is 1. The summed E-state index contributed by atoms with van der Waals surface area (Å²) in [5, 5.41) is 2.77. The Hall–Kier alpha value is -1.84. The van der Waals surface area contributed by atoms with Crippen LogP contribution in [0.3, 0.4) is 0 Å². The second-order valence-corrected chi connectivity index (χ2v) is 6.76. The van der Waals surface area contributed by atoms with Crippen LogP contribution in [0.15, 0.2) is 29.2 Å². The zero-order valence-electron chi connectivity index (χ0n) is 12.2. The van der Waals surface area contributed by atoms with E-state index < -0.39 is 10.0 Å². The molecule has 1 aromatic rings. The fourth-order valence-electron chi connectivity index (χ4n) is 1.60. The van der Waals surface area contributed by atoms with Gasteiger partial charge in [0.05, 0.1) is 11.4 Å². The number of terminal acetylenes is 1. The van der Waals surface area contributed by atoms with Crippen LogP contribution < -0.4 is 10.0 Å². The fraction of sp³-hybridized carbons (Fsp3) is 0.400. The second kappa shape index (κ2) is 7.81. The minimum Gasteiger partial charge on any atom is -0.352 e. The molecule has 0 aliphatic rings. The lowest BCUT2D eigenvalue weighted by molar-refractivity contribution is 0.0952. The van der Waals surface area contributed by atoms with E-state index in [1.54, 1.807) is 6.07 Å². The van der Waals surface area contributed by atoms with Crippen LogP contribution in [0.25, 0.3) is 0 Å². The van der Waals surface area contributed by atoms with Crippen LogP contribution >= 0.6 is 0 Å². The third-order valence-corrected chi connectivity index (χ3v) is 4.18. The molecule has 1 aromatic carbocycles. The van der Waals surface area contributed by atoms with Crippen molar-refractivity contribution in [2.75, 3.05) is 13.1 Å². The molecule has 5 nitrogen and oxygen atoms in total. The molecular weight excluding hydrogens is 288 g/mol. The first-order valence-corrected chi connectivity index (χ1v) is 8.16. The van der Waals surface area contributed by atoms with Crippen LogP contribution in [-0.2, 0) is 10.0 Å². The van der Waals surface area contributed by atoms with Crippen molar-refractivity contribution in [2.24, 2.45) is 5.92 Å². The van der Waals surface area contributed by atoms with Gasteiger partial charge in [0.15, 0.2) is 0 Å². The van der Waals surface area contributed by atoms with E-state index in [9.17, 15) is 13.2 Å². The average Bonchev–Trinajstić information content (AvgIpc) is 2.45. The number of amides is 1. The van der Waals surface area contributed by atoms with Crippen LogP contribution in [0.1, 0.15) is 30.6 Å². The van der Waals surface area contributed by atoms with Gasteiger partial charge in [-0.3, -0.25) is 4.79 Å². The molecule has 0 saturated heterocycles. The molecule has 0 fully saturated rings. The van der Waals surface area contributed by atoms with Crippen molar-refractivity contribution < 1.29 is 13.2 Å². The maximum Gasteiger partial charge on any atom is 0.251 e. The molecule has 0 unspecified atom stereocenters. The monoisotopic (exact) mass is 308 g/mol. The predicted molar refractivity (Wildman–Crippen MR) is 82.3 cm³/mol.